The van der Waals surface area contributed by atoms with Gasteiger partial charge in [0, 0.05) is 19.0 Å². The maximum absolute atomic E-state index is 11.5. The summed E-state index contributed by atoms with van der Waals surface area (Å²) in [5, 5.41) is 11.3. The molecule has 0 aromatic carbocycles. The number of carboxylic acid groups (broad SMARTS) is 1. The molecular formula is C12H13NO4. The van der Waals surface area contributed by atoms with E-state index in [2.05, 4.69) is 11.2 Å². The van der Waals surface area contributed by atoms with Crippen LogP contribution in [0.25, 0.3) is 0 Å². The molecule has 2 N–H and O–H groups in total. The van der Waals surface area contributed by atoms with Gasteiger partial charge < -0.3 is 14.8 Å². The number of hydrogen-bond donors (Lipinski definition) is 2. The van der Waals surface area contributed by atoms with Crippen LogP contribution in [0.3, 0.4) is 0 Å². The van der Waals surface area contributed by atoms with Gasteiger partial charge in [-0.2, -0.15) is 0 Å². The fraction of sp³-hybridized carbons (Fsp3) is 0.333. The van der Waals surface area contributed by atoms with E-state index >= 15 is 0 Å². The Morgan fingerprint density at radius 3 is 2.82 bits per heavy atom. The molecule has 0 aliphatic heterocycles. The highest BCUT2D eigenvalue weighted by molar-refractivity contribution is 5.95. The lowest BCUT2D eigenvalue weighted by Gasteiger charge is -2.01. The maximum atomic E-state index is 11.5. The standard InChI is InChI=1S/C12H13NO4/c1-2-3-4-5-6-13-11(14)10-7-9(8-17-10)12(15)16/h1,7-8H,3-6H2,(H,13,14)(H,15,16). The van der Waals surface area contributed by atoms with Crippen molar-refractivity contribution >= 4 is 11.9 Å². The third kappa shape index (κ3) is 4.03. The number of amides is 1. The van der Waals surface area contributed by atoms with Crippen LogP contribution < -0.4 is 5.32 Å². The van der Waals surface area contributed by atoms with Gasteiger partial charge in [0.2, 0.25) is 0 Å². The van der Waals surface area contributed by atoms with Gasteiger partial charge in [-0.3, -0.25) is 4.79 Å². The number of carbonyl (C=O) groups excluding carboxylic acids is 1. The molecule has 5 nitrogen and oxygen atoms in total. The van der Waals surface area contributed by atoms with Crippen LogP contribution in [-0.2, 0) is 0 Å². The lowest BCUT2D eigenvalue weighted by molar-refractivity contribution is 0.0696. The average molecular weight is 235 g/mol. The number of carboxylic acids is 1. The highest BCUT2D eigenvalue weighted by Crippen LogP contribution is 2.07. The first-order valence-corrected chi connectivity index (χ1v) is 5.18. The summed E-state index contributed by atoms with van der Waals surface area (Å²) < 4.78 is 4.84. The van der Waals surface area contributed by atoms with E-state index in [0.717, 1.165) is 19.1 Å². The molecule has 0 bridgehead atoms. The summed E-state index contributed by atoms with van der Waals surface area (Å²) in [6, 6.07) is 1.19. The van der Waals surface area contributed by atoms with Gasteiger partial charge in [-0.1, -0.05) is 0 Å². The van der Waals surface area contributed by atoms with Gasteiger partial charge in [0.1, 0.15) is 6.26 Å². The Labute approximate surface area is 98.8 Å². The summed E-state index contributed by atoms with van der Waals surface area (Å²) in [6.45, 7) is 0.490. The zero-order valence-corrected chi connectivity index (χ0v) is 9.23. The van der Waals surface area contributed by atoms with Crippen molar-refractivity contribution in [2.24, 2.45) is 0 Å². The van der Waals surface area contributed by atoms with E-state index < -0.39 is 11.9 Å². The molecule has 1 heterocycles. The molecule has 0 fully saturated rings. The zero-order valence-electron chi connectivity index (χ0n) is 9.23. The molecule has 17 heavy (non-hydrogen) atoms. The smallest absolute Gasteiger partial charge is 0.338 e. The van der Waals surface area contributed by atoms with Crippen molar-refractivity contribution in [3.63, 3.8) is 0 Å². The first-order valence-electron chi connectivity index (χ1n) is 5.18. The predicted molar refractivity (Wildman–Crippen MR) is 60.7 cm³/mol. The average Bonchev–Trinajstić information content (AvgIpc) is 2.78. The van der Waals surface area contributed by atoms with Crippen molar-refractivity contribution in [1.82, 2.24) is 5.32 Å². The van der Waals surface area contributed by atoms with Crippen molar-refractivity contribution < 1.29 is 19.1 Å². The predicted octanol–water partition coefficient (Wildman–Crippen LogP) is 1.51. The Balaban J connectivity index is 2.37. The maximum Gasteiger partial charge on any atom is 0.338 e. The second-order valence-electron chi connectivity index (χ2n) is 3.42. The van der Waals surface area contributed by atoms with Gasteiger partial charge in [-0.05, 0) is 12.8 Å². The minimum absolute atomic E-state index is 0.000602. The Hall–Kier alpha value is -2.22. The summed E-state index contributed by atoms with van der Waals surface area (Å²) in [5.74, 6) is 0.965. The number of aromatic carboxylic acids is 1. The van der Waals surface area contributed by atoms with Crippen LogP contribution in [-0.4, -0.2) is 23.5 Å². The van der Waals surface area contributed by atoms with E-state index in [1.807, 2.05) is 0 Å². The van der Waals surface area contributed by atoms with E-state index in [0.29, 0.717) is 13.0 Å². The van der Waals surface area contributed by atoms with Crippen molar-refractivity contribution in [2.45, 2.75) is 19.3 Å². The monoisotopic (exact) mass is 235 g/mol. The second-order valence-corrected chi connectivity index (χ2v) is 3.42. The molecular weight excluding hydrogens is 222 g/mol. The number of unbranched alkanes of at least 4 members (excludes halogenated alkanes) is 2. The number of hydrogen-bond acceptors (Lipinski definition) is 3. The largest absolute Gasteiger partial charge is 0.478 e. The molecule has 0 unspecified atom stereocenters. The number of carbonyl (C=O) groups is 2. The SMILES string of the molecule is C#CCCCCNC(=O)c1cc(C(=O)O)co1. The van der Waals surface area contributed by atoms with Crippen LogP contribution in [0.5, 0.6) is 0 Å². The van der Waals surface area contributed by atoms with Gasteiger partial charge in [0.05, 0.1) is 5.56 Å². The molecule has 0 aliphatic carbocycles. The van der Waals surface area contributed by atoms with Crippen LogP contribution in [0.1, 0.15) is 40.2 Å². The molecule has 0 saturated carbocycles. The summed E-state index contributed by atoms with van der Waals surface area (Å²) >= 11 is 0. The van der Waals surface area contributed by atoms with Crippen molar-refractivity contribution in [3.05, 3.63) is 23.7 Å². The van der Waals surface area contributed by atoms with Crippen LogP contribution in [0.15, 0.2) is 16.7 Å². The molecule has 0 spiro atoms. The number of nitrogens with one attached hydrogen (secondary N) is 1. The van der Waals surface area contributed by atoms with E-state index in [-0.39, 0.29) is 11.3 Å². The summed E-state index contributed by atoms with van der Waals surface area (Å²) in [6.07, 6.45) is 8.43. The van der Waals surface area contributed by atoms with Gasteiger partial charge in [-0.25, -0.2) is 4.79 Å². The van der Waals surface area contributed by atoms with Gasteiger partial charge in [0.25, 0.3) is 5.91 Å². The number of rotatable bonds is 6. The quantitative estimate of drug-likeness (QED) is 0.578. The zero-order chi connectivity index (χ0) is 12.7. The lowest BCUT2D eigenvalue weighted by atomic mass is 10.2. The number of furan rings is 1. The molecule has 1 amide bonds. The highest BCUT2D eigenvalue weighted by Gasteiger charge is 2.13. The third-order valence-corrected chi connectivity index (χ3v) is 2.10. The fourth-order valence-electron chi connectivity index (χ4n) is 1.21. The summed E-state index contributed by atoms with van der Waals surface area (Å²) in [4.78, 5) is 22.0. The normalized spacial score (nSPS) is 9.59. The molecule has 0 saturated heterocycles. The van der Waals surface area contributed by atoms with E-state index in [4.69, 9.17) is 15.9 Å². The molecule has 1 aromatic rings. The van der Waals surface area contributed by atoms with Crippen molar-refractivity contribution in [3.8, 4) is 12.3 Å². The third-order valence-electron chi connectivity index (χ3n) is 2.10. The van der Waals surface area contributed by atoms with Crippen molar-refractivity contribution in [1.29, 1.82) is 0 Å². The van der Waals surface area contributed by atoms with Crippen LogP contribution in [0.4, 0.5) is 0 Å². The topological polar surface area (TPSA) is 79.5 Å². The lowest BCUT2D eigenvalue weighted by Crippen LogP contribution is -2.23. The van der Waals surface area contributed by atoms with Crippen LogP contribution in [0, 0.1) is 12.3 Å². The van der Waals surface area contributed by atoms with Crippen LogP contribution >= 0.6 is 0 Å². The molecule has 5 heteroatoms. The molecule has 90 valence electrons. The Morgan fingerprint density at radius 2 is 2.24 bits per heavy atom. The molecule has 1 aromatic heterocycles. The molecule has 0 atom stereocenters. The second kappa shape index (κ2) is 6.38. The Bertz CT molecular complexity index is 442. The minimum atomic E-state index is -1.12. The van der Waals surface area contributed by atoms with Crippen molar-refractivity contribution in [2.75, 3.05) is 6.54 Å². The van der Waals surface area contributed by atoms with E-state index in [1.165, 1.54) is 6.07 Å². The molecule has 0 aliphatic rings. The minimum Gasteiger partial charge on any atom is -0.478 e. The highest BCUT2D eigenvalue weighted by atomic mass is 16.4. The molecule has 0 radical (unpaired) electrons. The van der Waals surface area contributed by atoms with E-state index in [1.54, 1.807) is 0 Å². The summed E-state index contributed by atoms with van der Waals surface area (Å²) in [7, 11) is 0. The molecule has 1 rings (SSSR count). The van der Waals surface area contributed by atoms with Gasteiger partial charge >= 0.3 is 5.97 Å². The summed E-state index contributed by atoms with van der Waals surface area (Å²) in [5.41, 5.74) is -0.0394. The first-order chi connectivity index (χ1) is 8.15. The van der Waals surface area contributed by atoms with Crippen LogP contribution in [0.2, 0.25) is 0 Å². The first kappa shape index (κ1) is 12.8. The fourth-order valence-corrected chi connectivity index (χ4v) is 1.21. The number of terminal acetylenes is 1. The Morgan fingerprint density at radius 1 is 1.47 bits per heavy atom. The van der Waals surface area contributed by atoms with Gasteiger partial charge in [0.15, 0.2) is 5.76 Å². The van der Waals surface area contributed by atoms with E-state index in [9.17, 15) is 9.59 Å². The Kier molecular flexibility index (Phi) is 4.82. The van der Waals surface area contributed by atoms with Gasteiger partial charge in [-0.15, -0.1) is 12.3 Å².